The second kappa shape index (κ2) is 10.00. The van der Waals surface area contributed by atoms with Gasteiger partial charge < -0.3 is 29.5 Å². The molecule has 0 radical (unpaired) electrons. The minimum atomic E-state index is -2.89. The summed E-state index contributed by atoms with van der Waals surface area (Å²) in [7, 11) is 1.37. The van der Waals surface area contributed by atoms with E-state index < -0.39 is 37.1 Å². The highest BCUT2D eigenvalue weighted by atomic mass is 35.5. The predicted molar refractivity (Wildman–Crippen MR) is 105 cm³/mol. The minimum Gasteiger partial charge on any atom is -0.435 e. The lowest BCUT2D eigenvalue weighted by Crippen LogP contribution is -2.56. The van der Waals surface area contributed by atoms with Crippen molar-refractivity contribution in [1.29, 1.82) is 0 Å². The van der Waals surface area contributed by atoms with Crippen LogP contribution in [0.3, 0.4) is 0 Å². The van der Waals surface area contributed by atoms with Crippen LogP contribution in [0.25, 0.3) is 0 Å². The maximum atomic E-state index is 12.3. The topological polar surface area (TPSA) is 88.4 Å². The lowest BCUT2D eigenvalue weighted by Gasteiger charge is -2.41. The highest BCUT2D eigenvalue weighted by Crippen LogP contribution is 2.35. The molecule has 9 heteroatoms. The number of hydrogen-bond donors (Lipinski definition) is 3. The molecule has 0 amide bonds. The Morgan fingerprint density at radius 2 is 1.80 bits per heavy atom. The molecular formula is C21H23ClF2O6. The van der Waals surface area contributed by atoms with Crippen LogP contribution in [0, 0.1) is 0 Å². The number of hydrogen-bond acceptors (Lipinski definition) is 6. The van der Waals surface area contributed by atoms with Crippen molar-refractivity contribution in [2.45, 2.75) is 43.6 Å². The predicted octanol–water partition coefficient (Wildman–Crippen LogP) is 2.70. The van der Waals surface area contributed by atoms with Gasteiger partial charge in [-0.2, -0.15) is 8.78 Å². The fourth-order valence-electron chi connectivity index (χ4n) is 3.57. The molecule has 164 valence electrons. The maximum Gasteiger partial charge on any atom is 0.387 e. The zero-order valence-corrected chi connectivity index (χ0v) is 16.9. The smallest absolute Gasteiger partial charge is 0.387 e. The molecule has 1 aliphatic heterocycles. The monoisotopic (exact) mass is 444 g/mol. The van der Waals surface area contributed by atoms with Gasteiger partial charge in [0.1, 0.15) is 36.3 Å². The van der Waals surface area contributed by atoms with Crippen LogP contribution in [-0.4, -0.2) is 60.1 Å². The first-order valence-electron chi connectivity index (χ1n) is 9.31. The molecule has 2 aromatic carbocycles. The summed E-state index contributed by atoms with van der Waals surface area (Å²) in [4.78, 5) is 0. The maximum absolute atomic E-state index is 12.3. The zero-order valence-electron chi connectivity index (χ0n) is 16.1. The molecule has 0 spiro atoms. The summed E-state index contributed by atoms with van der Waals surface area (Å²) in [5.41, 5.74) is 2.11. The van der Waals surface area contributed by atoms with E-state index in [0.29, 0.717) is 17.0 Å². The average Bonchev–Trinajstić information content (AvgIpc) is 2.72. The van der Waals surface area contributed by atoms with Crippen LogP contribution in [0.15, 0.2) is 42.5 Å². The van der Waals surface area contributed by atoms with Gasteiger partial charge in [0.25, 0.3) is 0 Å². The van der Waals surface area contributed by atoms with E-state index in [-0.39, 0.29) is 12.4 Å². The average molecular weight is 445 g/mol. The van der Waals surface area contributed by atoms with Crippen LogP contribution in [0.2, 0.25) is 5.02 Å². The molecule has 0 bridgehead atoms. The molecule has 0 saturated carbocycles. The van der Waals surface area contributed by atoms with Gasteiger partial charge in [-0.15, -0.1) is 0 Å². The second-order valence-electron chi connectivity index (χ2n) is 7.01. The van der Waals surface area contributed by atoms with Crippen molar-refractivity contribution < 1.29 is 38.3 Å². The van der Waals surface area contributed by atoms with Crippen molar-refractivity contribution in [3.63, 3.8) is 0 Å². The quantitative estimate of drug-likeness (QED) is 0.608. The molecule has 3 rings (SSSR count). The molecule has 0 aliphatic carbocycles. The number of aliphatic hydroxyl groups is 3. The number of rotatable bonds is 7. The first kappa shape index (κ1) is 22.9. The number of methoxy groups -OCH3 is 1. The lowest BCUT2D eigenvalue weighted by atomic mass is 9.90. The van der Waals surface area contributed by atoms with E-state index in [2.05, 4.69) is 4.74 Å². The van der Waals surface area contributed by atoms with Gasteiger partial charge in [0.05, 0.1) is 6.61 Å². The van der Waals surface area contributed by atoms with Gasteiger partial charge in [0.2, 0.25) is 0 Å². The van der Waals surface area contributed by atoms with E-state index in [4.69, 9.17) is 21.1 Å². The van der Waals surface area contributed by atoms with Crippen molar-refractivity contribution in [2.24, 2.45) is 0 Å². The fourth-order valence-corrected chi connectivity index (χ4v) is 3.75. The zero-order chi connectivity index (χ0) is 21.8. The van der Waals surface area contributed by atoms with Gasteiger partial charge in [0.15, 0.2) is 0 Å². The third-order valence-electron chi connectivity index (χ3n) is 5.08. The number of ether oxygens (including phenoxy) is 3. The first-order valence-corrected chi connectivity index (χ1v) is 9.69. The molecule has 1 fully saturated rings. The van der Waals surface area contributed by atoms with E-state index >= 15 is 0 Å². The Balaban J connectivity index is 1.81. The Morgan fingerprint density at radius 3 is 2.40 bits per heavy atom. The van der Waals surface area contributed by atoms with Crippen LogP contribution in [0.1, 0.15) is 22.8 Å². The minimum absolute atomic E-state index is 0.0593. The van der Waals surface area contributed by atoms with E-state index in [9.17, 15) is 24.1 Å². The van der Waals surface area contributed by atoms with Crippen LogP contribution in [-0.2, 0) is 15.9 Å². The Hall–Kier alpha value is -1.81. The molecule has 5 atom stereocenters. The van der Waals surface area contributed by atoms with Gasteiger partial charge in [-0.1, -0.05) is 35.9 Å². The normalized spacial score (nSPS) is 26.7. The fraction of sp³-hybridized carbons (Fsp3) is 0.429. The van der Waals surface area contributed by atoms with Crippen molar-refractivity contribution in [2.75, 3.05) is 13.7 Å². The standard InChI is InChI=1S/C21H23ClF2O6/c1-28-20-16(10-25)30-19(17(26)18(20)27)12-4-7-15(22)13(9-12)8-11-2-5-14(6-3-11)29-21(23)24/h2-7,9,16-21,25-27H,8,10H2,1H3/t16-,17-,18-,19+,20-/m1/s1. The van der Waals surface area contributed by atoms with Crippen LogP contribution < -0.4 is 4.74 Å². The van der Waals surface area contributed by atoms with Crippen LogP contribution in [0.5, 0.6) is 5.75 Å². The van der Waals surface area contributed by atoms with Crippen molar-refractivity contribution >= 4 is 11.6 Å². The molecule has 2 aromatic rings. The molecule has 0 aromatic heterocycles. The number of aliphatic hydroxyl groups excluding tert-OH is 3. The molecule has 1 aliphatic rings. The van der Waals surface area contributed by atoms with Gasteiger partial charge in [-0.3, -0.25) is 0 Å². The van der Waals surface area contributed by atoms with Crippen molar-refractivity contribution in [3.05, 3.63) is 64.2 Å². The summed E-state index contributed by atoms with van der Waals surface area (Å²) in [6, 6.07) is 11.3. The first-order chi connectivity index (χ1) is 14.3. The highest BCUT2D eigenvalue weighted by molar-refractivity contribution is 6.31. The Bertz CT molecular complexity index is 833. The third-order valence-corrected chi connectivity index (χ3v) is 5.45. The SMILES string of the molecule is CO[C@H]1[C@H](O)[C@@H](O)[C@H](c2ccc(Cl)c(Cc3ccc(OC(F)F)cc3)c2)O[C@@H]1CO. The van der Waals surface area contributed by atoms with E-state index in [1.807, 2.05) is 0 Å². The highest BCUT2D eigenvalue weighted by Gasteiger charge is 2.45. The van der Waals surface area contributed by atoms with Gasteiger partial charge in [0, 0.05) is 12.1 Å². The summed E-state index contributed by atoms with van der Waals surface area (Å²) >= 11 is 6.32. The number of alkyl halides is 2. The summed E-state index contributed by atoms with van der Waals surface area (Å²) in [5.74, 6) is 0.0593. The molecule has 30 heavy (non-hydrogen) atoms. The molecular weight excluding hydrogens is 422 g/mol. The summed E-state index contributed by atoms with van der Waals surface area (Å²) in [6.45, 7) is -3.27. The summed E-state index contributed by atoms with van der Waals surface area (Å²) in [5, 5.41) is 30.9. The lowest BCUT2D eigenvalue weighted by molar-refractivity contribution is -0.238. The third kappa shape index (κ3) is 5.08. The van der Waals surface area contributed by atoms with Crippen molar-refractivity contribution in [3.8, 4) is 5.75 Å². The molecule has 1 heterocycles. The largest absolute Gasteiger partial charge is 0.435 e. The molecule has 0 unspecified atom stereocenters. The molecule has 1 saturated heterocycles. The van der Waals surface area contributed by atoms with E-state index in [1.165, 1.54) is 19.2 Å². The van der Waals surface area contributed by atoms with E-state index in [1.54, 1.807) is 30.3 Å². The molecule has 3 N–H and O–H groups in total. The Kier molecular flexibility index (Phi) is 7.62. The Morgan fingerprint density at radius 1 is 1.10 bits per heavy atom. The Labute approximate surface area is 177 Å². The van der Waals surface area contributed by atoms with Gasteiger partial charge in [-0.25, -0.2) is 0 Å². The van der Waals surface area contributed by atoms with Gasteiger partial charge >= 0.3 is 6.61 Å². The summed E-state index contributed by atoms with van der Waals surface area (Å²) in [6.07, 6.45) is -4.66. The summed E-state index contributed by atoms with van der Waals surface area (Å²) < 4.78 is 39.9. The number of halogens is 3. The molecule has 6 nitrogen and oxygen atoms in total. The van der Waals surface area contributed by atoms with Crippen molar-refractivity contribution in [1.82, 2.24) is 0 Å². The van der Waals surface area contributed by atoms with Crippen LogP contribution >= 0.6 is 11.6 Å². The number of benzene rings is 2. The van der Waals surface area contributed by atoms with E-state index in [0.717, 1.165) is 11.1 Å². The van der Waals surface area contributed by atoms with Crippen LogP contribution in [0.4, 0.5) is 8.78 Å². The van der Waals surface area contributed by atoms with Gasteiger partial charge in [-0.05, 0) is 41.3 Å². The second-order valence-corrected chi connectivity index (χ2v) is 7.42.